The summed E-state index contributed by atoms with van der Waals surface area (Å²) >= 11 is 11.9. The molecule has 2 aromatic carbocycles. The molecular formula is C19H23Cl2N2O3+. The van der Waals surface area contributed by atoms with Crippen molar-refractivity contribution in [2.45, 2.75) is 6.42 Å². The first kappa shape index (κ1) is 20.4. The second kappa shape index (κ2) is 9.67. The molecule has 140 valence electrons. The zero-order chi connectivity index (χ0) is 19.1. The molecule has 1 unspecified atom stereocenters. The van der Waals surface area contributed by atoms with E-state index in [9.17, 15) is 4.79 Å². The van der Waals surface area contributed by atoms with Gasteiger partial charge in [0.05, 0.1) is 38.5 Å². The summed E-state index contributed by atoms with van der Waals surface area (Å²) in [5.41, 5.74) is 1.69. The molecule has 0 aliphatic carbocycles. The molecule has 0 aromatic heterocycles. The van der Waals surface area contributed by atoms with Crippen molar-refractivity contribution in [1.82, 2.24) is 0 Å². The number of methoxy groups -OCH3 is 2. The molecule has 0 heterocycles. The summed E-state index contributed by atoms with van der Waals surface area (Å²) in [5, 5.41) is 3.77. The highest BCUT2D eigenvalue weighted by Gasteiger charge is 2.13. The van der Waals surface area contributed by atoms with Crippen LogP contribution in [0.2, 0.25) is 10.0 Å². The number of hydrogen-bond donors (Lipinski definition) is 2. The lowest BCUT2D eigenvalue weighted by Gasteiger charge is -2.15. The number of carbonyl (C=O) groups excluding carboxylic acids is 1. The van der Waals surface area contributed by atoms with Gasteiger partial charge in [0.1, 0.15) is 0 Å². The third-order valence-corrected chi connectivity index (χ3v) is 4.50. The van der Waals surface area contributed by atoms with Crippen LogP contribution in [-0.4, -0.2) is 40.3 Å². The summed E-state index contributed by atoms with van der Waals surface area (Å²) in [4.78, 5) is 13.3. The minimum Gasteiger partial charge on any atom is -0.493 e. The monoisotopic (exact) mass is 397 g/mol. The van der Waals surface area contributed by atoms with Gasteiger partial charge >= 0.3 is 0 Å². The van der Waals surface area contributed by atoms with E-state index in [1.54, 1.807) is 32.4 Å². The maximum Gasteiger partial charge on any atom is 0.279 e. The van der Waals surface area contributed by atoms with E-state index in [0.717, 1.165) is 23.4 Å². The number of carbonyl (C=O) groups is 1. The van der Waals surface area contributed by atoms with Crippen LogP contribution in [0.4, 0.5) is 5.69 Å². The number of likely N-dealkylation sites (N-methyl/N-ethyl adjacent to an activating group) is 1. The normalized spacial score (nSPS) is 11.7. The van der Waals surface area contributed by atoms with E-state index < -0.39 is 0 Å². The van der Waals surface area contributed by atoms with Crippen LogP contribution in [0.3, 0.4) is 0 Å². The predicted molar refractivity (Wildman–Crippen MR) is 105 cm³/mol. The van der Waals surface area contributed by atoms with Crippen LogP contribution in [-0.2, 0) is 11.2 Å². The van der Waals surface area contributed by atoms with Gasteiger partial charge in [-0.3, -0.25) is 4.79 Å². The van der Waals surface area contributed by atoms with Gasteiger partial charge in [-0.05, 0) is 35.9 Å². The molecule has 1 atom stereocenters. The Morgan fingerprint density at radius 2 is 1.81 bits per heavy atom. The number of benzene rings is 2. The maximum atomic E-state index is 12.2. The van der Waals surface area contributed by atoms with Crippen molar-refractivity contribution in [2.75, 3.05) is 39.7 Å². The van der Waals surface area contributed by atoms with E-state index in [-0.39, 0.29) is 5.91 Å². The number of hydrogen-bond acceptors (Lipinski definition) is 3. The first-order valence-corrected chi connectivity index (χ1v) is 8.95. The van der Waals surface area contributed by atoms with E-state index >= 15 is 0 Å². The van der Waals surface area contributed by atoms with Crippen LogP contribution in [0.15, 0.2) is 36.4 Å². The van der Waals surface area contributed by atoms with Crippen molar-refractivity contribution in [3.05, 3.63) is 52.0 Å². The lowest BCUT2D eigenvalue weighted by atomic mass is 10.1. The first-order valence-electron chi connectivity index (χ1n) is 8.20. The van der Waals surface area contributed by atoms with E-state index in [2.05, 4.69) is 5.32 Å². The van der Waals surface area contributed by atoms with Crippen molar-refractivity contribution in [1.29, 1.82) is 0 Å². The summed E-state index contributed by atoms with van der Waals surface area (Å²) in [5.74, 6) is 1.31. The van der Waals surface area contributed by atoms with Crippen molar-refractivity contribution in [3.63, 3.8) is 0 Å². The molecule has 0 aliphatic heterocycles. The summed E-state index contributed by atoms with van der Waals surface area (Å²) in [6, 6.07) is 10.8. The Balaban J connectivity index is 1.86. The lowest BCUT2D eigenvalue weighted by Crippen LogP contribution is -3.10. The Labute approximate surface area is 163 Å². The minimum atomic E-state index is -0.0981. The highest BCUT2D eigenvalue weighted by atomic mass is 35.5. The lowest BCUT2D eigenvalue weighted by molar-refractivity contribution is -0.870. The number of rotatable bonds is 8. The summed E-state index contributed by atoms with van der Waals surface area (Å²) in [6.07, 6.45) is 0.821. The van der Waals surface area contributed by atoms with E-state index in [1.165, 1.54) is 0 Å². The minimum absolute atomic E-state index is 0.0981. The third kappa shape index (κ3) is 5.80. The molecule has 0 saturated carbocycles. The average Bonchev–Trinajstić information content (AvgIpc) is 2.62. The standard InChI is InChI=1S/C19H22Cl2N2O3/c1-23(9-8-13-4-7-17(25-2)18(10-13)26-3)12-19(24)22-16-6-5-14(20)11-15(16)21/h4-7,10-11H,8-9,12H2,1-3H3,(H,22,24)/p+1. The quantitative estimate of drug-likeness (QED) is 0.719. The van der Waals surface area contributed by atoms with Gasteiger partial charge in [-0.1, -0.05) is 29.3 Å². The van der Waals surface area contributed by atoms with Gasteiger partial charge < -0.3 is 19.7 Å². The third-order valence-electron chi connectivity index (χ3n) is 3.96. The highest BCUT2D eigenvalue weighted by Crippen LogP contribution is 2.27. The molecule has 2 rings (SSSR count). The van der Waals surface area contributed by atoms with Crippen molar-refractivity contribution >= 4 is 34.8 Å². The summed E-state index contributed by atoms with van der Waals surface area (Å²) in [7, 11) is 5.20. The number of amides is 1. The zero-order valence-electron chi connectivity index (χ0n) is 15.1. The summed E-state index contributed by atoms with van der Waals surface area (Å²) < 4.78 is 10.6. The van der Waals surface area contributed by atoms with E-state index in [4.69, 9.17) is 32.7 Å². The Kier molecular flexibility index (Phi) is 7.57. The molecule has 7 heteroatoms. The van der Waals surface area contributed by atoms with Gasteiger partial charge in [-0.25, -0.2) is 0 Å². The molecule has 5 nitrogen and oxygen atoms in total. The van der Waals surface area contributed by atoms with Crippen molar-refractivity contribution < 1.29 is 19.2 Å². The average molecular weight is 398 g/mol. The molecule has 0 spiro atoms. The fourth-order valence-corrected chi connectivity index (χ4v) is 3.00. The molecule has 0 bridgehead atoms. The number of halogens is 2. The van der Waals surface area contributed by atoms with Crippen LogP contribution in [0.5, 0.6) is 11.5 Å². The Morgan fingerprint density at radius 1 is 1.08 bits per heavy atom. The van der Waals surface area contributed by atoms with Gasteiger partial charge in [-0.2, -0.15) is 0 Å². The molecular weight excluding hydrogens is 375 g/mol. The predicted octanol–water partition coefficient (Wildman–Crippen LogP) is 2.71. The molecule has 2 N–H and O–H groups in total. The molecule has 0 radical (unpaired) electrons. The van der Waals surface area contributed by atoms with Crippen LogP contribution in [0.25, 0.3) is 0 Å². The van der Waals surface area contributed by atoms with E-state index in [1.807, 2.05) is 25.2 Å². The Bertz CT molecular complexity index is 768. The van der Waals surface area contributed by atoms with Gasteiger partial charge in [0.15, 0.2) is 18.0 Å². The zero-order valence-corrected chi connectivity index (χ0v) is 16.6. The number of nitrogens with one attached hydrogen (secondary N) is 2. The highest BCUT2D eigenvalue weighted by molar-refractivity contribution is 6.36. The molecule has 0 fully saturated rings. The maximum absolute atomic E-state index is 12.2. The summed E-state index contributed by atoms with van der Waals surface area (Å²) in [6.45, 7) is 1.14. The van der Waals surface area contributed by atoms with Gasteiger partial charge in [0.2, 0.25) is 0 Å². The SMILES string of the molecule is COc1ccc(CC[NH+](C)CC(=O)Nc2ccc(Cl)cc2Cl)cc1OC. The van der Waals surface area contributed by atoms with Crippen LogP contribution in [0, 0.1) is 0 Å². The smallest absolute Gasteiger partial charge is 0.279 e. The molecule has 0 aliphatic rings. The molecule has 2 aromatic rings. The van der Waals surface area contributed by atoms with Crippen molar-refractivity contribution in [2.24, 2.45) is 0 Å². The van der Waals surface area contributed by atoms with Crippen LogP contribution < -0.4 is 19.7 Å². The van der Waals surface area contributed by atoms with Gasteiger partial charge in [0.25, 0.3) is 5.91 Å². The Hall–Kier alpha value is -1.95. The second-order valence-electron chi connectivity index (χ2n) is 6.00. The van der Waals surface area contributed by atoms with Crippen LogP contribution >= 0.6 is 23.2 Å². The van der Waals surface area contributed by atoms with E-state index in [0.29, 0.717) is 33.8 Å². The fraction of sp³-hybridized carbons (Fsp3) is 0.316. The number of anilines is 1. The van der Waals surface area contributed by atoms with Gasteiger partial charge in [-0.15, -0.1) is 0 Å². The fourth-order valence-electron chi connectivity index (χ4n) is 2.54. The van der Waals surface area contributed by atoms with Crippen molar-refractivity contribution in [3.8, 4) is 11.5 Å². The Morgan fingerprint density at radius 3 is 2.46 bits per heavy atom. The first-order chi connectivity index (χ1) is 12.4. The molecule has 0 saturated heterocycles. The topological polar surface area (TPSA) is 52.0 Å². The molecule has 1 amide bonds. The second-order valence-corrected chi connectivity index (χ2v) is 6.84. The van der Waals surface area contributed by atoms with Crippen LogP contribution in [0.1, 0.15) is 5.56 Å². The number of ether oxygens (including phenoxy) is 2. The largest absolute Gasteiger partial charge is 0.493 e. The van der Waals surface area contributed by atoms with Gasteiger partial charge in [0, 0.05) is 11.4 Å². The number of quaternary nitrogens is 1. The molecule has 26 heavy (non-hydrogen) atoms.